The number of hydrogen-bond acceptors (Lipinski definition) is 20. The molecule has 7 heterocycles. The van der Waals surface area contributed by atoms with Crippen LogP contribution in [0.1, 0.15) is 19.4 Å². The Bertz CT molecular complexity index is 2130. The molecule has 3 aliphatic heterocycles. The molecule has 3 saturated heterocycles. The number of anilines is 1. The van der Waals surface area contributed by atoms with Crippen molar-refractivity contribution in [2.45, 2.75) is 56.0 Å². The van der Waals surface area contributed by atoms with Gasteiger partial charge >= 0.3 is 0 Å². The third-order valence-electron chi connectivity index (χ3n) is 7.58. The lowest BCUT2D eigenvalue weighted by Gasteiger charge is -2.34. The van der Waals surface area contributed by atoms with Crippen LogP contribution in [-0.2, 0) is 36.7 Å². The number of nitrogens with zero attached hydrogens (tertiary/aromatic N) is 7. The van der Waals surface area contributed by atoms with Crippen LogP contribution in [0.5, 0.6) is 0 Å². The Labute approximate surface area is 265 Å². The zero-order valence-electron chi connectivity index (χ0n) is 24.2. The first-order valence-electron chi connectivity index (χ1n) is 13.9. The van der Waals surface area contributed by atoms with E-state index in [-0.39, 0.29) is 34.2 Å². The van der Waals surface area contributed by atoms with Gasteiger partial charge in [-0.3, -0.25) is 37.8 Å². The van der Waals surface area contributed by atoms with Gasteiger partial charge in [0.05, 0.1) is 25.9 Å². The minimum Gasteiger partial charge on any atom is -0.756 e. The maximum atomic E-state index is 13.0. The van der Waals surface area contributed by atoms with Crippen molar-refractivity contribution in [2.24, 2.45) is 4.99 Å². The van der Waals surface area contributed by atoms with Crippen LogP contribution >= 0.6 is 15.6 Å². The number of aromatic nitrogens is 8. The number of H-pyrrole nitrogens is 2. The van der Waals surface area contributed by atoms with E-state index in [2.05, 4.69) is 34.9 Å². The Kier molecular flexibility index (Phi) is 8.17. The first-order valence-corrected chi connectivity index (χ1v) is 16.8. The SMILES string of the molecule is C/C=N\c1nc2c(ncn2[C@@H]2O[C@H]3COP(=O)([O-])OC4[C@H](COP(=O)([O-])OC3[C@@H]2O)O[C@@H](n2cnc3c(=O)[nH]c(N)nc32)[C@H]4O)c(=O)[nH]1. The van der Waals surface area contributed by atoms with Gasteiger partial charge in [-0.2, -0.15) is 9.97 Å². The molecular formula is C22H24N10O14P2-2. The van der Waals surface area contributed by atoms with Gasteiger partial charge in [0.1, 0.15) is 36.6 Å². The van der Waals surface area contributed by atoms with E-state index in [4.69, 9.17) is 33.3 Å². The Hall–Kier alpha value is -3.77. The van der Waals surface area contributed by atoms with Crippen LogP contribution in [0.25, 0.3) is 22.3 Å². The van der Waals surface area contributed by atoms with Crippen LogP contribution in [0.4, 0.5) is 11.9 Å². The molecule has 10 atom stereocenters. The Morgan fingerprint density at radius 2 is 1.38 bits per heavy atom. The maximum absolute atomic E-state index is 13.0. The number of aromatic amines is 2. The number of phosphoric acid groups is 2. The van der Waals surface area contributed by atoms with Crippen LogP contribution in [-0.4, -0.2) is 105 Å². The normalized spacial score (nSPS) is 36.3. The average Bonchev–Trinajstić information content (AvgIpc) is 3.76. The summed E-state index contributed by atoms with van der Waals surface area (Å²) in [5.74, 6) is -0.404. The van der Waals surface area contributed by atoms with Gasteiger partial charge in [0.15, 0.2) is 34.8 Å². The summed E-state index contributed by atoms with van der Waals surface area (Å²) in [6.07, 6.45) is -10.1. The largest absolute Gasteiger partial charge is 0.756 e. The standard InChI is InChI=1S/C22H26N10O14P2/c1-2-24-22-28-16-10(18(36)30-22)26-6-32(16)20-12(34)14-8(44-20)4-42-47(37,38)45-13-7(3-41-48(39,40)46-14)43-19(11(13)33)31-5-25-9-15(31)27-21(23)29-17(9)35/h2,5-8,11-14,19-20,33-34H,3-4H2,1H3,(H,37,38)(H,39,40)(H,28,30,36)(H3,23,27,29,35)/p-2/b24-2-/t7-,8-,11-,12-,13?,14?,19+,20+/m0/s1. The van der Waals surface area contributed by atoms with Crippen LogP contribution in [0.2, 0.25) is 0 Å². The van der Waals surface area contributed by atoms with Crippen molar-refractivity contribution in [1.82, 2.24) is 39.0 Å². The third kappa shape index (κ3) is 5.80. The zero-order chi connectivity index (χ0) is 34.1. The smallest absolute Gasteiger partial charge is 0.280 e. The second kappa shape index (κ2) is 12.0. The van der Waals surface area contributed by atoms with E-state index in [0.717, 1.165) is 21.8 Å². The Morgan fingerprint density at radius 1 is 0.896 bits per heavy atom. The molecule has 6 N–H and O–H groups in total. The zero-order valence-corrected chi connectivity index (χ0v) is 25.9. The van der Waals surface area contributed by atoms with Crippen molar-refractivity contribution < 1.29 is 56.7 Å². The number of imidazole rings is 2. The van der Waals surface area contributed by atoms with E-state index in [1.807, 2.05) is 0 Å². The fourth-order valence-electron chi connectivity index (χ4n) is 5.53. The second-order valence-corrected chi connectivity index (χ2v) is 13.3. The summed E-state index contributed by atoms with van der Waals surface area (Å²) in [5, 5.41) is 22.3. The summed E-state index contributed by atoms with van der Waals surface area (Å²) in [6.45, 7) is -0.339. The minimum absolute atomic E-state index is 0.107. The molecule has 0 amide bonds. The number of aliphatic hydroxyl groups excluding tert-OH is 2. The van der Waals surface area contributed by atoms with Gasteiger partial charge in [-0.15, -0.1) is 0 Å². The molecule has 0 bridgehead atoms. The number of hydrogen-bond donors (Lipinski definition) is 5. The third-order valence-corrected chi connectivity index (χ3v) is 9.52. The molecule has 0 spiro atoms. The lowest BCUT2D eigenvalue weighted by Crippen LogP contribution is -2.41. The molecule has 258 valence electrons. The number of fused-ring (bicyclic) bond motifs is 4. The predicted octanol–water partition coefficient (Wildman–Crippen LogP) is -3.17. The number of aliphatic hydroxyl groups is 2. The Morgan fingerprint density at radius 3 is 1.88 bits per heavy atom. The number of nitrogen functional groups attached to an aromatic ring is 1. The van der Waals surface area contributed by atoms with Crippen molar-refractivity contribution in [2.75, 3.05) is 18.9 Å². The highest BCUT2D eigenvalue weighted by molar-refractivity contribution is 7.46. The molecule has 7 rings (SSSR count). The van der Waals surface area contributed by atoms with Crippen LogP contribution in [0, 0.1) is 0 Å². The number of nitrogens with two attached hydrogens (primary N) is 1. The van der Waals surface area contributed by atoms with E-state index in [9.17, 15) is 38.7 Å². The fourth-order valence-corrected chi connectivity index (χ4v) is 7.43. The second-order valence-electron chi connectivity index (χ2n) is 10.6. The molecule has 0 saturated carbocycles. The summed E-state index contributed by atoms with van der Waals surface area (Å²) in [6, 6.07) is 0. The highest BCUT2D eigenvalue weighted by Gasteiger charge is 2.51. The van der Waals surface area contributed by atoms with Gasteiger partial charge in [-0.05, 0) is 6.92 Å². The summed E-state index contributed by atoms with van der Waals surface area (Å²) < 4.78 is 60.0. The van der Waals surface area contributed by atoms with Crippen LogP contribution in [0.15, 0.2) is 27.2 Å². The molecule has 48 heavy (non-hydrogen) atoms. The molecule has 3 fully saturated rings. The van der Waals surface area contributed by atoms with Gasteiger partial charge < -0.3 is 53.3 Å². The summed E-state index contributed by atoms with van der Waals surface area (Å²) in [5.41, 5.74) is 3.62. The van der Waals surface area contributed by atoms with Crippen molar-refractivity contribution in [3.8, 4) is 0 Å². The van der Waals surface area contributed by atoms with Gasteiger partial charge in [0, 0.05) is 6.21 Å². The van der Waals surface area contributed by atoms with E-state index in [1.54, 1.807) is 6.92 Å². The molecule has 0 radical (unpaired) electrons. The highest BCUT2D eigenvalue weighted by atomic mass is 31.2. The first-order chi connectivity index (χ1) is 22.7. The Balaban J connectivity index is 1.17. The number of rotatable bonds is 3. The van der Waals surface area contributed by atoms with Crippen molar-refractivity contribution in [3.05, 3.63) is 33.4 Å². The molecule has 4 aromatic heterocycles. The molecule has 4 aromatic rings. The van der Waals surface area contributed by atoms with E-state index in [1.165, 1.54) is 6.21 Å². The number of ether oxygens (including phenoxy) is 2. The molecule has 3 aliphatic rings. The van der Waals surface area contributed by atoms with Crippen molar-refractivity contribution >= 4 is 56.1 Å². The molecule has 26 heteroatoms. The molecule has 24 nitrogen and oxygen atoms in total. The number of nitrogens with one attached hydrogen (secondary N) is 2. The lowest BCUT2D eigenvalue weighted by atomic mass is 10.1. The molecule has 4 unspecified atom stereocenters. The van der Waals surface area contributed by atoms with Crippen molar-refractivity contribution in [3.63, 3.8) is 0 Å². The topological polar surface area (TPSA) is 342 Å². The lowest BCUT2D eigenvalue weighted by molar-refractivity contribution is -0.244. The minimum atomic E-state index is -5.37. The highest BCUT2D eigenvalue weighted by Crippen LogP contribution is 2.50. The summed E-state index contributed by atoms with van der Waals surface area (Å²) >= 11 is 0. The number of phosphoric ester groups is 2. The molecule has 0 aliphatic carbocycles. The quantitative estimate of drug-likeness (QED) is 0.103. The summed E-state index contributed by atoms with van der Waals surface area (Å²) in [4.78, 5) is 75.3. The van der Waals surface area contributed by atoms with Gasteiger partial charge in [0.25, 0.3) is 26.8 Å². The van der Waals surface area contributed by atoms with E-state index in [0.29, 0.717) is 0 Å². The van der Waals surface area contributed by atoms with Crippen LogP contribution < -0.4 is 26.6 Å². The van der Waals surface area contributed by atoms with E-state index >= 15 is 0 Å². The van der Waals surface area contributed by atoms with Crippen LogP contribution in [0.3, 0.4) is 0 Å². The summed E-state index contributed by atoms with van der Waals surface area (Å²) in [7, 11) is -10.7. The van der Waals surface area contributed by atoms with Crippen molar-refractivity contribution in [1.29, 1.82) is 0 Å². The maximum Gasteiger partial charge on any atom is 0.280 e. The first kappa shape index (κ1) is 32.8. The van der Waals surface area contributed by atoms with Gasteiger partial charge in [-0.1, -0.05) is 0 Å². The predicted molar refractivity (Wildman–Crippen MR) is 151 cm³/mol. The fraction of sp³-hybridized carbons (Fsp3) is 0.500. The average molecular weight is 714 g/mol. The van der Waals surface area contributed by atoms with Gasteiger partial charge in [0.2, 0.25) is 11.9 Å². The van der Waals surface area contributed by atoms with Gasteiger partial charge in [-0.25, -0.2) is 15.0 Å². The number of aliphatic imine (C=N–C) groups is 1. The molecular weight excluding hydrogens is 690 g/mol. The van der Waals surface area contributed by atoms with E-state index < -0.39 is 89.1 Å². The monoisotopic (exact) mass is 714 g/mol. The molecule has 0 aromatic carbocycles.